The number of methoxy groups -OCH3 is 1. The molecule has 0 bridgehead atoms. The summed E-state index contributed by atoms with van der Waals surface area (Å²) in [6.45, 7) is 11.3. The zero-order valence-electron chi connectivity index (χ0n) is 13.5. The molecule has 1 atom stereocenters. The summed E-state index contributed by atoms with van der Waals surface area (Å²) in [5.74, 6) is 1.72. The van der Waals surface area contributed by atoms with E-state index in [-0.39, 0.29) is 0 Å². The lowest BCUT2D eigenvalue weighted by Crippen LogP contribution is -2.42. The summed E-state index contributed by atoms with van der Waals surface area (Å²) >= 11 is 0. The first kappa shape index (κ1) is 18.2. The third-order valence-corrected chi connectivity index (χ3v) is 2.92. The lowest BCUT2D eigenvalue weighted by Gasteiger charge is -2.18. The summed E-state index contributed by atoms with van der Waals surface area (Å²) in [5.41, 5.74) is 0. The molecule has 0 heterocycles. The van der Waals surface area contributed by atoms with E-state index in [1.165, 1.54) is 19.3 Å². The van der Waals surface area contributed by atoms with Crippen molar-refractivity contribution in [2.45, 2.75) is 59.4 Å². The fourth-order valence-corrected chi connectivity index (χ4v) is 1.86. The Morgan fingerprint density at radius 1 is 1.16 bits per heavy atom. The third kappa shape index (κ3) is 12.0. The second kappa shape index (κ2) is 12.3. The molecule has 2 N–H and O–H groups in total. The summed E-state index contributed by atoms with van der Waals surface area (Å²) in [5, 5.41) is 6.75. The molecule has 0 aromatic heterocycles. The molecule has 114 valence electrons. The number of nitrogens with zero attached hydrogens (tertiary/aromatic N) is 1. The maximum atomic E-state index is 5.03. The molecule has 0 aromatic carbocycles. The molecule has 0 radical (unpaired) electrons. The molecule has 0 aliphatic rings. The van der Waals surface area contributed by atoms with Gasteiger partial charge in [-0.1, -0.05) is 26.7 Å². The first-order valence-electron chi connectivity index (χ1n) is 7.63. The average molecular weight is 271 g/mol. The molecule has 4 heteroatoms. The molecule has 0 aromatic rings. The van der Waals surface area contributed by atoms with Crippen LogP contribution in [0.25, 0.3) is 0 Å². The van der Waals surface area contributed by atoms with Gasteiger partial charge in [0.1, 0.15) is 0 Å². The second-order valence-electron chi connectivity index (χ2n) is 5.48. The van der Waals surface area contributed by atoms with E-state index >= 15 is 0 Å². The van der Waals surface area contributed by atoms with Crippen molar-refractivity contribution in [2.24, 2.45) is 10.9 Å². The highest BCUT2D eigenvalue weighted by Crippen LogP contribution is 2.08. The Bertz CT molecular complexity index is 229. The highest BCUT2D eigenvalue weighted by Gasteiger charge is 2.05. The number of guanidine groups is 1. The van der Waals surface area contributed by atoms with Crippen LogP contribution in [0.2, 0.25) is 0 Å². The third-order valence-electron chi connectivity index (χ3n) is 2.92. The minimum atomic E-state index is 0.471. The number of ether oxygens (including phenoxy) is 1. The molecule has 0 fully saturated rings. The molecule has 0 aliphatic carbocycles. The van der Waals surface area contributed by atoms with Gasteiger partial charge in [-0.15, -0.1) is 0 Å². The van der Waals surface area contributed by atoms with Crippen LogP contribution in [-0.2, 0) is 4.74 Å². The lowest BCUT2D eigenvalue weighted by atomic mass is 10.0. The van der Waals surface area contributed by atoms with Crippen LogP contribution >= 0.6 is 0 Å². The van der Waals surface area contributed by atoms with Crippen molar-refractivity contribution in [3.8, 4) is 0 Å². The first-order valence-corrected chi connectivity index (χ1v) is 7.63. The summed E-state index contributed by atoms with van der Waals surface area (Å²) < 4.78 is 5.03. The highest BCUT2D eigenvalue weighted by molar-refractivity contribution is 5.79. The molecular weight excluding hydrogens is 238 g/mol. The lowest BCUT2D eigenvalue weighted by molar-refractivity contribution is 0.197. The number of hydrogen-bond acceptors (Lipinski definition) is 2. The topological polar surface area (TPSA) is 45.7 Å². The van der Waals surface area contributed by atoms with Crippen molar-refractivity contribution in [1.29, 1.82) is 0 Å². The summed E-state index contributed by atoms with van der Waals surface area (Å²) in [6, 6.07) is 0.471. The van der Waals surface area contributed by atoms with Crippen LogP contribution in [0.4, 0.5) is 0 Å². The molecule has 0 rings (SSSR count). The number of nitrogens with one attached hydrogen (secondary N) is 2. The molecule has 0 saturated heterocycles. The average Bonchev–Trinajstić information content (AvgIpc) is 2.34. The van der Waals surface area contributed by atoms with Crippen LogP contribution < -0.4 is 10.6 Å². The summed E-state index contributed by atoms with van der Waals surface area (Å²) in [7, 11) is 1.73. The Morgan fingerprint density at radius 2 is 1.89 bits per heavy atom. The minimum absolute atomic E-state index is 0.471. The van der Waals surface area contributed by atoms with E-state index < -0.39 is 0 Å². The van der Waals surface area contributed by atoms with Crippen LogP contribution in [0.1, 0.15) is 53.4 Å². The maximum Gasteiger partial charge on any atom is 0.191 e. The van der Waals surface area contributed by atoms with E-state index in [2.05, 4.69) is 43.3 Å². The summed E-state index contributed by atoms with van der Waals surface area (Å²) in [6.07, 6.45) is 4.73. The molecule has 19 heavy (non-hydrogen) atoms. The van der Waals surface area contributed by atoms with Gasteiger partial charge in [0.05, 0.1) is 0 Å². The van der Waals surface area contributed by atoms with Gasteiger partial charge in [0, 0.05) is 32.8 Å². The Balaban J connectivity index is 3.95. The van der Waals surface area contributed by atoms with Crippen molar-refractivity contribution in [3.63, 3.8) is 0 Å². The fourth-order valence-electron chi connectivity index (χ4n) is 1.86. The van der Waals surface area contributed by atoms with Gasteiger partial charge in [-0.25, -0.2) is 0 Å². The van der Waals surface area contributed by atoms with Crippen LogP contribution in [0.15, 0.2) is 4.99 Å². The number of rotatable bonds is 10. The largest absolute Gasteiger partial charge is 0.385 e. The van der Waals surface area contributed by atoms with Crippen LogP contribution in [0.5, 0.6) is 0 Å². The molecule has 0 saturated carbocycles. The van der Waals surface area contributed by atoms with Gasteiger partial charge in [-0.3, -0.25) is 4.99 Å². The van der Waals surface area contributed by atoms with Gasteiger partial charge in [0.15, 0.2) is 5.96 Å². The first-order chi connectivity index (χ1) is 9.10. The molecule has 0 spiro atoms. The Hall–Kier alpha value is -0.770. The smallest absolute Gasteiger partial charge is 0.191 e. The van der Waals surface area contributed by atoms with Gasteiger partial charge in [-0.05, 0) is 32.6 Å². The summed E-state index contributed by atoms with van der Waals surface area (Å²) in [4.78, 5) is 4.55. The number of hydrogen-bond donors (Lipinski definition) is 2. The van der Waals surface area contributed by atoms with E-state index in [4.69, 9.17) is 4.74 Å². The Morgan fingerprint density at radius 3 is 2.47 bits per heavy atom. The van der Waals surface area contributed by atoms with Gasteiger partial charge in [-0.2, -0.15) is 0 Å². The van der Waals surface area contributed by atoms with Crippen LogP contribution in [0.3, 0.4) is 0 Å². The van der Waals surface area contributed by atoms with Crippen LogP contribution in [0, 0.1) is 5.92 Å². The van der Waals surface area contributed by atoms with E-state index in [1.54, 1.807) is 7.11 Å². The predicted octanol–water partition coefficient (Wildman–Crippen LogP) is 2.79. The van der Waals surface area contributed by atoms with Crippen molar-refractivity contribution in [2.75, 3.05) is 26.8 Å². The van der Waals surface area contributed by atoms with Gasteiger partial charge >= 0.3 is 0 Å². The molecule has 0 amide bonds. The van der Waals surface area contributed by atoms with Crippen LogP contribution in [-0.4, -0.2) is 38.8 Å². The standard InChI is InChI=1S/C15H33N3O/c1-6-16-15(17-11-8-12-19-5)18-14(4)10-7-9-13(2)3/h13-14H,6-12H2,1-5H3,(H2,16,17,18). The van der Waals surface area contributed by atoms with Gasteiger partial charge in [0.2, 0.25) is 0 Å². The van der Waals surface area contributed by atoms with E-state index in [0.717, 1.165) is 38.0 Å². The maximum absolute atomic E-state index is 5.03. The molecule has 1 unspecified atom stereocenters. The normalized spacial score (nSPS) is 13.7. The van der Waals surface area contributed by atoms with Crippen molar-refractivity contribution >= 4 is 5.96 Å². The van der Waals surface area contributed by atoms with Gasteiger partial charge < -0.3 is 15.4 Å². The number of aliphatic imine (C=N–C) groups is 1. The van der Waals surface area contributed by atoms with Gasteiger partial charge in [0.25, 0.3) is 0 Å². The van der Waals surface area contributed by atoms with E-state index in [0.29, 0.717) is 6.04 Å². The quantitative estimate of drug-likeness (QED) is 0.365. The molecular formula is C15H33N3O. The fraction of sp³-hybridized carbons (Fsp3) is 0.933. The Labute approximate surface area is 119 Å². The predicted molar refractivity (Wildman–Crippen MR) is 83.8 cm³/mol. The van der Waals surface area contributed by atoms with E-state index in [9.17, 15) is 0 Å². The second-order valence-corrected chi connectivity index (χ2v) is 5.48. The van der Waals surface area contributed by atoms with Crippen molar-refractivity contribution < 1.29 is 4.74 Å². The molecule has 4 nitrogen and oxygen atoms in total. The molecule has 0 aliphatic heterocycles. The van der Waals surface area contributed by atoms with Crippen molar-refractivity contribution in [3.05, 3.63) is 0 Å². The Kier molecular flexibility index (Phi) is 11.8. The zero-order valence-corrected chi connectivity index (χ0v) is 13.5. The van der Waals surface area contributed by atoms with E-state index in [1.807, 2.05) is 0 Å². The highest BCUT2D eigenvalue weighted by atomic mass is 16.5. The monoisotopic (exact) mass is 271 g/mol. The SMILES string of the molecule is CCNC(=NCCCOC)NC(C)CCCC(C)C. The minimum Gasteiger partial charge on any atom is -0.385 e. The van der Waals surface area contributed by atoms with Crippen molar-refractivity contribution in [1.82, 2.24) is 10.6 Å². The zero-order chi connectivity index (χ0) is 14.5.